The molecule has 198 valence electrons. The van der Waals surface area contributed by atoms with Crippen LogP contribution in [0.15, 0.2) is 30.6 Å². The number of aryl methyl sites for hydroxylation is 2. The molecule has 1 fully saturated rings. The second-order valence-electron chi connectivity index (χ2n) is 12.8. The first-order valence-corrected chi connectivity index (χ1v) is 13.5. The standard InChI is InChI=1S/C29H39N5O3/c1-28(2,3)14-15-32-25-9-7-8-22(23(25)17-30-32)26(35)34(20-10-11-20)21-12-13-24-19(16-21)18-33(31-24)27(36)37-29(4,5)6/h7-9,17-18,20-21H,10-16H2,1-6H3. The zero-order chi connectivity index (χ0) is 26.5. The van der Waals surface area contributed by atoms with E-state index in [0.717, 1.165) is 66.4 Å². The second kappa shape index (κ2) is 9.30. The number of amides is 1. The molecule has 5 rings (SSSR count). The van der Waals surface area contributed by atoms with E-state index in [4.69, 9.17) is 4.74 Å². The van der Waals surface area contributed by atoms with Crippen molar-refractivity contribution in [1.82, 2.24) is 24.5 Å². The highest BCUT2D eigenvalue weighted by molar-refractivity contribution is 6.06. The Labute approximate surface area is 219 Å². The van der Waals surface area contributed by atoms with Gasteiger partial charge in [0.1, 0.15) is 5.60 Å². The van der Waals surface area contributed by atoms with Crippen LogP contribution in [-0.2, 0) is 24.1 Å². The third-order valence-corrected chi connectivity index (χ3v) is 7.19. The molecule has 2 aromatic heterocycles. The van der Waals surface area contributed by atoms with Crippen LogP contribution in [0.1, 0.15) is 88.8 Å². The third-order valence-electron chi connectivity index (χ3n) is 7.19. The summed E-state index contributed by atoms with van der Waals surface area (Å²) in [6.45, 7) is 13.1. The fourth-order valence-corrected chi connectivity index (χ4v) is 5.16. The second-order valence-corrected chi connectivity index (χ2v) is 12.8. The van der Waals surface area contributed by atoms with Crippen molar-refractivity contribution in [2.45, 2.75) is 104 Å². The minimum absolute atomic E-state index is 0.0787. The Morgan fingerprint density at radius 1 is 1.08 bits per heavy atom. The number of nitrogens with zero attached hydrogens (tertiary/aromatic N) is 5. The summed E-state index contributed by atoms with van der Waals surface area (Å²) in [5.41, 5.74) is 3.31. The van der Waals surface area contributed by atoms with E-state index in [0.29, 0.717) is 6.42 Å². The quantitative estimate of drug-likeness (QED) is 0.450. The van der Waals surface area contributed by atoms with Crippen molar-refractivity contribution >= 4 is 22.9 Å². The molecule has 0 radical (unpaired) electrons. The van der Waals surface area contributed by atoms with Gasteiger partial charge < -0.3 is 9.64 Å². The SMILES string of the molecule is CC(C)(C)CCn1ncc2c(C(=O)N(C3CC3)C3CCc4nn(C(=O)OC(C)(C)C)cc4C3)cccc21. The summed E-state index contributed by atoms with van der Waals surface area (Å²) in [6.07, 6.45) is 8.51. The van der Waals surface area contributed by atoms with E-state index in [1.54, 1.807) is 6.20 Å². The minimum atomic E-state index is -0.581. The van der Waals surface area contributed by atoms with Gasteiger partial charge in [-0.15, -0.1) is 0 Å². The molecule has 1 aromatic carbocycles. The normalized spacial score (nSPS) is 18.1. The Kier molecular flexibility index (Phi) is 6.40. The predicted molar refractivity (Wildman–Crippen MR) is 143 cm³/mol. The third kappa shape index (κ3) is 5.58. The lowest BCUT2D eigenvalue weighted by Gasteiger charge is -2.34. The molecular formula is C29H39N5O3. The van der Waals surface area contributed by atoms with Gasteiger partial charge in [-0.3, -0.25) is 9.48 Å². The van der Waals surface area contributed by atoms with Crippen molar-refractivity contribution in [3.63, 3.8) is 0 Å². The lowest BCUT2D eigenvalue weighted by Crippen LogP contribution is -2.44. The van der Waals surface area contributed by atoms with Crippen LogP contribution >= 0.6 is 0 Å². The summed E-state index contributed by atoms with van der Waals surface area (Å²) < 4.78 is 8.83. The highest BCUT2D eigenvalue weighted by atomic mass is 16.6. The van der Waals surface area contributed by atoms with E-state index in [2.05, 4.69) is 41.9 Å². The van der Waals surface area contributed by atoms with Crippen molar-refractivity contribution in [3.8, 4) is 0 Å². The monoisotopic (exact) mass is 505 g/mol. The first-order chi connectivity index (χ1) is 17.4. The molecule has 0 saturated heterocycles. The molecule has 0 aliphatic heterocycles. The number of rotatable bonds is 5. The summed E-state index contributed by atoms with van der Waals surface area (Å²) in [6, 6.07) is 6.31. The number of hydrogen-bond acceptors (Lipinski definition) is 5. The number of aromatic nitrogens is 4. The summed E-state index contributed by atoms with van der Waals surface area (Å²) >= 11 is 0. The molecule has 8 nitrogen and oxygen atoms in total. The number of benzene rings is 1. The van der Waals surface area contributed by atoms with Gasteiger partial charge in [0, 0.05) is 30.2 Å². The molecule has 1 unspecified atom stereocenters. The van der Waals surface area contributed by atoms with Gasteiger partial charge in [-0.05, 0) is 82.4 Å². The van der Waals surface area contributed by atoms with Gasteiger partial charge in [0.05, 0.1) is 23.0 Å². The van der Waals surface area contributed by atoms with Crippen molar-refractivity contribution in [2.24, 2.45) is 5.41 Å². The van der Waals surface area contributed by atoms with Gasteiger partial charge in [-0.25, -0.2) is 4.79 Å². The lowest BCUT2D eigenvalue weighted by atomic mass is 9.91. The lowest BCUT2D eigenvalue weighted by molar-refractivity contribution is 0.0513. The topological polar surface area (TPSA) is 82.3 Å². The maximum atomic E-state index is 14.0. The molecular weight excluding hydrogens is 466 g/mol. The average Bonchev–Trinajstić information content (AvgIpc) is 3.39. The van der Waals surface area contributed by atoms with Gasteiger partial charge in [0.2, 0.25) is 0 Å². The average molecular weight is 506 g/mol. The molecule has 0 spiro atoms. The van der Waals surface area contributed by atoms with E-state index >= 15 is 0 Å². The van der Waals surface area contributed by atoms with E-state index in [-0.39, 0.29) is 23.4 Å². The van der Waals surface area contributed by atoms with E-state index < -0.39 is 11.7 Å². The molecule has 1 atom stereocenters. The van der Waals surface area contributed by atoms with E-state index in [1.165, 1.54) is 4.68 Å². The zero-order valence-corrected chi connectivity index (χ0v) is 23.0. The van der Waals surface area contributed by atoms with Crippen LogP contribution in [0.4, 0.5) is 4.79 Å². The number of carbonyl (C=O) groups is 2. The van der Waals surface area contributed by atoms with Crippen LogP contribution in [0, 0.1) is 5.41 Å². The fourth-order valence-electron chi connectivity index (χ4n) is 5.16. The molecule has 0 bridgehead atoms. The molecule has 1 amide bonds. The fraction of sp³-hybridized carbons (Fsp3) is 0.586. The van der Waals surface area contributed by atoms with Crippen molar-refractivity contribution in [3.05, 3.63) is 47.4 Å². The minimum Gasteiger partial charge on any atom is -0.442 e. The van der Waals surface area contributed by atoms with Crippen molar-refractivity contribution < 1.29 is 14.3 Å². The number of hydrogen-bond donors (Lipinski definition) is 0. The van der Waals surface area contributed by atoms with E-state index in [1.807, 2.05) is 43.8 Å². The molecule has 8 heteroatoms. The molecule has 2 aliphatic rings. The van der Waals surface area contributed by atoms with Crippen molar-refractivity contribution in [1.29, 1.82) is 0 Å². The van der Waals surface area contributed by atoms with Gasteiger partial charge in [0.15, 0.2) is 0 Å². The Morgan fingerprint density at radius 3 is 2.51 bits per heavy atom. The summed E-state index contributed by atoms with van der Waals surface area (Å²) in [4.78, 5) is 28.7. The Morgan fingerprint density at radius 2 is 1.84 bits per heavy atom. The number of fused-ring (bicyclic) bond motifs is 2. The summed E-state index contributed by atoms with van der Waals surface area (Å²) in [5, 5.41) is 10.1. The zero-order valence-electron chi connectivity index (χ0n) is 23.0. The Hall–Kier alpha value is -3.16. The number of carbonyl (C=O) groups excluding carboxylic acids is 2. The van der Waals surface area contributed by atoms with E-state index in [9.17, 15) is 9.59 Å². The number of ether oxygens (including phenoxy) is 1. The molecule has 2 heterocycles. The van der Waals surface area contributed by atoms with Gasteiger partial charge in [-0.1, -0.05) is 26.8 Å². The van der Waals surface area contributed by atoms with Gasteiger partial charge in [0.25, 0.3) is 5.91 Å². The Bertz CT molecular complexity index is 1320. The highest BCUT2D eigenvalue weighted by Crippen LogP contribution is 2.36. The maximum absolute atomic E-state index is 14.0. The largest absolute Gasteiger partial charge is 0.442 e. The summed E-state index contributed by atoms with van der Waals surface area (Å²) in [5.74, 6) is 0.0801. The van der Waals surface area contributed by atoms with Crippen LogP contribution in [0.2, 0.25) is 0 Å². The highest BCUT2D eigenvalue weighted by Gasteiger charge is 2.40. The smallest absolute Gasteiger partial charge is 0.435 e. The first-order valence-electron chi connectivity index (χ1n) is 13.5. The van der Waals surface area contributed by atoms with Gasteiger partial charge in [-0.2, -0.15) is 14.9 Å². The molecule has 2 aliphatic carbocycles. The predicted octanol–water partition coefficient (Wildman–Crippen LogP) is 5.61. The van der Waals surface area contributed by atoms with Crippen LogP contribution in [-0.4, -0.2) is 54.1 Å². The molecule has 1 saturated carbocycles. The first kappa shape index (κ1) is 25.5. The van der Waals surface area contributed by atoms with Crippen LogP contribution in [0.25, 0.3) is 10.9 Å². The molecule has 37 heavy (non-hydrogen) atoms. The maximum Gasteiger partial charge on any atom is 0.435 e. The van der Waals surface area contributed by atoms with Crippen LogP contribution in [0.3, 0.4) is 0 Å². The van der Waals surface area contributed by atoms with Crippen LogP contribution in [0.5, 0.6) is 0 Å². The summed E-state index contributed by atoms with van der Waals surface area (Å²) in [7, 11) is 0. The molecule has 0 N–H and O–H groups in total. The Balaban J connectivity index is 1.38. The van der Waals surface area contributed by atoms with Crippen LogP contribution < -0.4 is 0 Å². The van der Waals surface area contributed by atoms with Crippen molar-refractivity contribution in [2.75, 3.05) is 0 Å². The molecule has 3 aromatic rings. The van der Waals surface area contributed by atoms with Gasteiger partial charge >= 0.3 is 6.09 Å².